The number of nitrogens with zero attached hydrogens (tertiary/aromatic N) is 7. The van der Waals surface area contributed by atoms with Crippen molar-refractivity contribution in [3.05, 3.63) is 75.9 Å². The number of halogens is 3. The maximum absolute atomic E-state index is 14.3. The number of carbonyl (C=O) groups excluding carboxylic acids is 1. The molecule has 2 aromatic carbocycles. The molecule has 0 spiro atoms. The number of thiazole rings is 1. The van der Waals surface area contributed by atoms with Gasteiger partial charge in [-0.3, -0.25) is 14.8 Å². The van der Waals surface area contributed by atoms with E-state index in [0.29, 0.717) is 43.4 Å². The van der Waals surface area contributed by atoms with Crippen LogP contribution in [0.3, 0.4) is 0 Å². The maximum Gasteiger partial charge on any atom is 0.257 e. The molecule has 0 radical (unpaired) electrons. The van der Waals surface area contributed by atoms with Gasteiger partial charge < -0.3 is 19.5 Å². The third kappa shape index (κ3) is 5.81. The van der Waals surface area contributed by atoms with E-state index in [9.17, 15) is 14.3 Å². The molecule has 1 saturated heterocycles. The highest BCUT2D eigenvalue weighted by Crippen LogP contribution is 2.40. The lowest BCUT2D eigenvalue weighted by molar-refractivity contribution is -0.118. The largest absolute Gasteiger partial charge is 0.396 e. The number of carbonyl (C=O) groups is 1. The number of amides is 1. The summed E-state index contributed by atoms with van der Waals surface area (Å²) in [6.45, 7) is 4.15. The number of likely N-dealkylation sites (tertiary alicyclic amines) is 1. The molecule has 2 aliphatic heterocycles. The predicted molar refractivity (Wildman–Crippen MR) is 175 cm³/mol. The second kappa shape index (κ2) is 12.3. The quantitative estimate of drug-likeness (QED) is 0.212. The Morgan fingerprint density at radius 3 is 2.76 bits per heavy atom. The van der Waals surface area contributed by atoms with Gasteiger partial charge in [-0.2, -0.15) is 5.10 Å². The van der Waals surface area contributed by atoms with Gasteiger partial charge in [0, 0.05) is 92.3 Å². The molecule has 5 heterocycles. The van der Waals surface area contributed by atoms with Gasteiger partial charge in [0.25, 0.3) is 5.91 Å². The smallest absolute Gasteiger partial charge is 0.257 e. The van der Waals surface area contributed by atoms with Gasteiger partial charge in [-0.15, -0.1) is 11.3 Å². The Morgan fingerprint density at radius 1 is 1.22 bits per heavy atom. The fourth-order valence-electron chi connectivity index (χ4n) is 6.10. The summed E-state index contributed by atoms with van der Waals surface area (Å²) in [5.41, 5.74) is 4.19. The third-order valence-electron chi connectivity index (χ3n) is 8.59. The van der Waals surface area contributed by atoms with Crippen LogP contribution in [0, 0.1) is 5.92 Å². The minimum atomic E-state index is -1.04. The number of anilines is 2. The third-order valence-corrected chi connectivity index (χ3v) is 9.97. The van der Waals surface area contributed by atoms with Crippen molar-refractivity contribution < 1.29 is 14.3 Å². The number of rotatable bonds is 10. The van der Waals surface area contributed by atoms with Gasteiger partial charge in [0.1, 0.15) is 11.7 Å². The zero-order chi connectivity index (χ0) is 31.2. The van der Waals surface area contributed by atoms with E-state index < -0.39 is 18.1 Å². The molecule has 1 fully saturated rings. The van der Waals surface area contributed by atoms with Crippen LogP contribution < -0.4 is 10.2 Å². The predicted octanol–water partition coefficient (Wildman–Crippen LogP) is 5.15. The summed E-state index contributed by atoms with van der Waals surface area (Å²) >= 11 is 15.1. The standard InChI is InChI=1S/C31H31Cl2FN8O2S/c1-39(7-8-40-12-18(13-40)16-43)21-4-2-19(3-5-21)22-11-24(32)23-15-42(38-27(23)26(22)33)29(30(44)37-31-35-6-9-45-31)28-25-10-20(34)14-41(25)17-36-28/h2-6,9,11,15,17-18,20,29,43H,7-8,10,12-14,16H2,1H3,(H,35,37,44)/t20-,29?/m1/s1. The van der Waals surface area contributed by atoms with E-state index in [2.05, 4.69) is 32.1 Å². The summed E-state index contributed by atoms with van der Waals surface area (Å²) in [6, 6.07) is 8.91. The minimum absolute atomic E-state index is 0.163. The first-order valence-electron chi connectivity index (χ1n) is 14.7. The number of imidazole rings is 1. The normalized spacial score (nSPS) is 17.4. The van der Waals surface area contributed by atoms with Gasteiger partial charge in [-0.1, -0.05) is 35.3 Å². The number of fused-ring (bicyclic) bond motifs is 2. The highest BCUT2D eigenvalue weighted by Gasteiger charge is 2.34. The number of aromatic nitrogens is 5. The molecule has 0 bridgehead atoms. The van der Waals surface area contributed by atoms with Crippen molar-refractivity contribution in [2.24, 2.45) is 5.92 Å². The van der Waals surface area contributed by atoms with E-state index in [-0.39, 0.29) is 19.6 Å². The molecule has 10 nitrogen and oxygen atoms in total. The van der Waals surface area contributed by atoms with E-state index in [0.717, 1.165) is 43.0 Å². The number of alkyl halides is 1. The molecule has 234 valence electrons. The second-order valence-electron chi connectivity index (χ2n) is 11.6. The highest BCUT2D eigenvalue weighted by atomic mass is 35.5. The molecule has 1 unspecified atom stereocenters. The highest BCUT2D eigenvalue weighted by molar-refractivity contribution is 7.13. The fourth-order valence-corrected chi connectivity index (χ4v) is 7.19. The lowest BCUT2D eigenvalue weighted by Crippen LogP contribution is -2.50. The summed E-state index contributed by atoms with van der Waals surface area (Å²) in [5, 5.41) is 20.5. The van der Waals surface area contributed by atoms with E-state index >= 15 is 0 Å². The molecule has 14 heteroatoms. The molecule has 0 saturated carbocycles. The molecule has 1 amide bonds. The van der Waals surface area contributed by atoms with Gasteiger partial charge in [0.2, 0.25) is 0 Å². The topological polar surface area (TPSA) is 104 Å². The molecule has 5 aromatic rings. The van der Waals surface area contributed by atoms with E-state index in [1.807, 2.05) is 30.3 Å². The van der Waals surface area contributed by atoms with Crippen molar-refractivity contribution in [2.75, 3.05) is 50.1 Å². The second-order valence-corrected chi connectivity index (χ2v) is 13.3. The van der Waals surface area contributed by atoms with Crippen LogP contribution in [0.5, 0.6) is 0 Å². The Hall–Kier alpha value is -3.55. The Morgan fingerprint density at radius 2 is 2.02 bits per heavy atom. The molecule has 7 rings (SSSR count). The maximum atomic E-state index is 14.3. The summed E-state index contributed by atoms with van der Waals surface area (Å²) in [4.78, 5) is 26.9. The SMILES string of the molecule is CN(CCN1CC(CO)C1)c1ccc(-c2cc(Cl)c3cn(C(C(=O)Nc4nccs4)c4ncn5c4C[C@@H](F)C5)nc3c2Cl)cc1. The number of aliphatic hydroxyl groups excluding tert-OH is 1. The number of nitrogens with one attached hydrogen (secondary N) is 1. The lowest BCUT2D eigenvalue weighted by Gasteiger charge is -2.39. The van der Waals surface area contributed by atoms with Crippen LogP contribution in [-0.4, -0.2) is 86.2 Å². The van der Waals surface area contributed by atoms with Crippen LogP contribution in [0.15, 0.2) is 54.4 Å². The van der Waals surface area contributed by atoms with Crippen LogP contribution in [0.1, 0.15) is 17.4 Å². The van der Waals surface area contributed by atoms with E-state index in [1.165, 1.54) is 16.0 Å². The van der Waals surface area contributed by atoms with Gasteiger partial charge >= 0.3 is 0 Å². The Bertz CT molecular complexity index is 1840. The molecule has 2 aliphatic rings. The fraction of sp³-hybridized carbons (Fsp3) is 0.355. The Labute approximate surface area is 273 Å². The average Bonchev–Trinajstić information content (AvgIpc) is 3.81. The van der Waals surface area contributed by atoms with Gasteiger partial charge in [-0.05, 0) is 23.8 Å². The number of likely N-dealkylation sites (N-methyl/N-ethyl adjacent to an activating group) is 1. The monoisotopic (exact) mass is 668 g/mol. The zero-order valence-electron chi connectivity index (χ0n) is 24.4. The van der Waals surface area contributed by atoms with Crippen LogP contribution >= 0.6 is 34.5 Å². The van der Waals surface area contributed by atoms with Gasteiger partial charge in [0.05, 0.1) is 28.6 Å². The number of hydrogen-bond acceptors (Lipinski definition) is 8. The molecule has 3 aromatic heterocycles. The first kappa shape index (κ1) is 30.1. The van der Waals surface area contributed by atoms with Gasteiger partial charge in [0.15, 0.2) is 11.2 Å². The number of hydrogen-bond donors (Lipinski definition) is 2. The van der Waals surface area contributed by atoms with E-state index in [4.69, 9.17) is 28.3 Å². The Kier molecular flexibility index (Phi) is 8.25. The average molecular weight is 670 g/mol. The van der Waals surface area contributed by atoms with Crippen LogP contribution in [0.4, 0.5) is 15.2 Å². The molecule has 0 aliphatic carbocycles. The molecule has 2 atom stereocenters. The first-order valence-corrected chi connectivity index (χ1v) is 16.3. The van der Waals surface area contributed by atoms with Crippen LogP contribution in [-0.2, 0) is 17.8 Å². The van der Waals surface area contributed by atoms with Crippen LogP contribution in [0.2, 0.25) is 10.0 Å². The minimum Gasteiger partial charge on any atom is -0.396 e. The Balaban J connectivity index is 1.18. The van der Waals surface area contributed by atoms with Gasteiger partial charge in [-0.25, -0.2) is 14.4 Å². The van der Waals surface area contributed by atoms with Crippen molar-refractivity contribution in [3.8, 4) is 11.1 Å². The lowest BCUT2D eigenvalue weighted by atomic mass is 10.0. The summed E-state index contributed by atoms with van der Waals surface area (Å²) in [7, 11) is 2.06. The van der Waals surface area contributed by atoms with Crippen molar-refractivity contribution in [2.45, 2.75) is 25.2 Å². The van der Waals surface area contributed by atoms with Crippen LogP contribution in [0.25, 0.3) is 22.0 Å². The molecule has 2 N–H and O–H groups in total. The van der Waals surface area contributed by atoms with Crippen molar-refractivity contribution in [3.63, 3.8) is 0 Å². The van der Waals surface area contributed by atoms with E-state index in [1.54, 1.807) is 28.7 Å². The first-order chi connectivity index (χ1) is 21.8. The molecular weight excluding hydrogens is 638 g/mol. The summed E-state index contributed by atoms with van der Waals surface area (Å²) in [6.07, 6.45) is 3.97. The van der Waals surface area contributed by atoms with Crippen molar-refractivity contribution in [1.82, 2.24) is 29.2 Å². The summed E-state index contributed by atoms with van der Waals surface area (Å²) in [5.74, 6) is -0.00632. The zero-order valence-corrected chi connectivity index (χ0v) is 26.7. The van der Waals surface area contributed by atoms with Crippen molar-refractivity contribution in [1.29, 1.82) is 0 Å². The molecule has 45 heavy (non-hydrogen) atoms. The molecular formula is C31H31Cl2FN8O2S. The van der Waals surface area contributed by atoms with Crippen molar-refractivity contribution >= 4 is 62.2 Å². The number of benzene rings is 2. The summed E-state index contributed by atoms with van der Waals surface area (Å²) < 4.78 is 17.6. The number of aliphatic hydroxyl groups is 1.